The smallest absolute Gasteiger partial charge is 0.222 e. The first-order valence-electron chi connectivity index (χ1n) is 12.2. The number of benzene rings is 2. The van der Waals surface area contributed by atoms with Crippen LogP contribution in [0.2, 0.25) is 10.0 Å². The largest absolute Gasteiger partial charge is 0.486 e. The van der Waals surface area contributed by atoms with Gasteiger partial charge in [-0.25, -0.2) is 4.39 Å². The van der Waals surface area contributed by atoms with Gasteiger partial charge in [-0.05, 0) is 69.0 Å². The number of halogens is 3. The summed E-state index contributed by atoms with van der Waals surface area (Å²) in [6.07, 6.45) is 2.86. The van der Waals surface area contributed by atoms with Crippen molar-refractivity contribution in [1.82, 2.24) is 10.6 Å². The van der Waals surface area contributed by atoms with Crippen LogP contribution < -0.4 is 15.4 Å². The van der Waals surface area contributed by atoms with Gasteiger partial charge in [0.2, 0.25) is 5.91 Å². The fraction of sp³-hybridized carbons (Fsp3) is 0.481. The molecular formula is C27H31Cl2FN2O4. The third-order valence-corrected chi connectivity index (χ3v) is 8.31. The Hall–Kier alpha value is -2.19. The summed E-state index contributed by atoms with van der Waals surface area (Å²) >= 11 is 11.7. The van der Waals surface area contributed by atoms with Crippen LogP contribution in [0.25, 0.3) is 0 Å². The van der Waals surface area contributed by atoms with E-state index in [1.165, 1.54) is 12.1 Å². The molecule has 3 aliphatic rings. The van der Waals surface area contributed by atoms with Gasteiger partial charge in [0.1, 0.15) is 18.2 Å². The van der Waals surface area contributed by atoms with Crippen LogP contribution in [0.15, 0.2) is 42.5 Å². The third-order valence-electron chi connectivity index (χ3n) is 7.75. The molecule has 3 fully saturated rings. The van der Waals surface area contributed by atoms with Crippen molar-refractivity contribution in [2.24, 2.45) is 5.41 Å². The van der Waals surface area contributed by atoms with E-state index in [1.54, 1.807) is 12.1 Å². The van der Waals surface area contributed by atoms with Crippen LogP contribution in [0.5, 0.6) is 5.75 Å². The Labute approximate surface area is 220 Å². The van der Waals surface area contributed by atoms with E-state index in [4.69, 9.17) is 27.9 Å². The summed E-state index contributed by atoms with van der Waals surface area (Å²) in [7, 11) is 1.81. The molecule has 3 saturated carbocycles. The minimum Gasteiger partial charge on any atom is -0.486 e. The average molecular weight is 537 g/mol. The number of amides is 1. The second-order valence-electron chi connectivity index (χ2n) is 10.1. The molecule has 194 valence electrons. The van der Waals surface area contributed by atoms with E-state index in [2.05, 4.69) is 10.6 Å². The highest BCUT2D eigenvalue weighted by molar-refractivity contribution is 6.30. The van der Waals surface area contributed by atoms with Crippen LogP contribution in [-0.4, -0.2) is 42.1 Å². The SMILES string of the molecule is CNC(CC(=O)NC12CCC(CC(=O)COc3ccc(Cl)c(F)c3)(CC1)[C@@H](O)C2)c1ccc(Cl)cc1. The zero-order valence-electron chi connectivity index (χ0n) is 20.2. The lowest BCUT2D eigenvalue weighted by Crippen LogP contribution is -2.62. The first kappa shape index (κ1) is 26.9. The topological polar surface area (TPSA) is 87.7 Å². The molecule has 1 unspecified atom stereocenters. The van der Waals surface area contributed by atoms with E-state index in [0.717, 1.165) is 11.6 Å². The normalized spacial score (nSPS) is 25.9. The molecule has 0 radical (unpaired) electrons. The van der Waals surface area contributed by atoms with Gasteiger partial charge in [0.25, 0.3) is 0 Å². The molecule has 0 spiro atoms. The molecule has 3 aliphatic carbocycles. The Kier molecular flexibility index (Phi) is 8.25. The van der Waals surface area contributed by atoms with Crippen molar-refractivity contribution in [3.05, 3.63) is 63.9 Å². The highest BCUT2D eigenvalue weighted by Gasteiger charge is 2.55. The van der Waals surface area contributed by atoms with E-state index in [9.17, 15) is 19.1 Å². The van der Waals surface area contributed by atoms with Crippen LogP contribution in [-0.2, 0) is 9.59 Å². The summed E-state index contributed by atoms with van der Waals surface area (Å²) < 4.78 is 19.0. The number of hydrogen-bond donors (Lipinski definition) is 3. The number of aliphatic hydroxyl groups excluding tert-OH is 1. The standard InChI is InChI=1S/C27H31Cl2FN2O4/c1-31-23(17-2-4-18(28)5-3-17)13-25(35)32-27-10-8-26(9-11-27,24(34)15-27)14-19(33)16-36-20-6-7-21(29)22(30)12-20/h2-7,12,23-24,31,34H,8-11,13-16H2,1H3,(H,32,35)/t23?,24-,26?,27?/m0/s1. The van der Waals surface area contributed by atoms with Gasteiger partial charge in [-0.3, -0.25) is 9.59 Å². The highest BCUT2D eigenvalue weighted by Crippen LogP contribution is 2.54. The number of rotatable bonds is 10. The maximum atomic E-state index is 13.6. The summed E-state index contributed by atoms with van der Waals surface area (Å²) in [4.78, 5) is 25.7. The lowest BCUT2D eigenvalue weighted by molar-refractivity contribution is -0.141. The molecule has 2 atom stereocenters. The van der Waals surface area contributed by atoms with Gasteiger partial charge in [0.05, 0.1) is 11.1 Å². The number of Topliss-reactive ketones (excluding diaryl/α,β-unsaturated/α-hetero) is 1. The van der Waals surface area contributed by atoms with Gasteiger partial charge >= 0.3 is 0 Å². The zero-order valence-corrected chi connectivity index (χ0v) is 21.7. The fourth-order valence-corrected chi connectivity index (χ4v) is 5.85. The van der Waals surface area contributed by atoms with Crippen molar-refractivity contribution in [2.45, 2.75) is 62.6 Å². The van der Waals surface area contributed by atoms with E-state index in [1.807, 2.05) is 19.2 Å². The number of carbonyl (C=O) groups excluding carboxylic acids is 2. The first-order chi connectivity index (χ1) is 17.1. The Morgan fingerprint density at radius 3 is 2.44 bits per heavy atom. The zero-order chi connectivity index (χ0) is 25.9. The number of ether oxygens (including phenoxy) is 1. The predicted octanol–water partition coefficient (Wildman–Crippen LogP) is 5.00. The Balaban J connectivity index is 1.31. The van der Waals surface area contributed by atoms with Crippen molar-refractivity contribution in [3.63, 3.8) is 0 Å². The predicted molar refractivity (Wildman–Crippen MR) is 137 cm³/mol. The molecule has 0 aliphatic heterocycles. The lowest BCUT2D eigenvalue weighted by Gasteiger charge is -2.56. The van der Waals surface area contributed by atoms with E-state index in [-0.39, 0.29) is 48.0 Å². The fourth-order valence-electron chi connectivity index (χ4n) is 5.61. The molecule has 0 saturated heterocycles. The molecule has 5 rings (SSSR count). The molecule has 2 bridgehead atoms. The van der Waals surface area contributed by atoms with Crippen LogP contribution in [0.3, 0.4) is 0 Å². The number of hydrogen-bond acceptors (Lipinski definition) is 5. The number of aliphatic hydroxyl groups is 1. The second-order valence-corrected chi connectivity index (χ2v) is 10.9. The van der Waals surface area contributed by atoms with E-state index < -0.39 is 22.9 Å². The summed E-state index contributed by atoms with van der Waals surface area (Å²) in [6.45, 7) is -0.201. The van der Waals surface area contributed by atoms with Gasteiger partial charge in [-0.1, -0.05) is 35.3 Å². The molecule has 0 heterocycles. The maximum Gasteiger partial charge on any atom is 0.222 e. The average Bonchev–Trinajstić information content (AvgIpc) is 2.85. The van der Waals surface area contributed by atoms with Gasteiger partial charge in [-0.15, -0.1) is 0 Å². The summed E-state index contributed by atoms with van der Waals surface area (Å²) in [5, 5.41) is 18.0. The van der Waals surface area contributed by atoms with Gasteiger partial charge in [-0.2, -0.15) is 0 Å². The molecule has 3 N–H and O–H groups in total. The van der Waals surface area contributed by atoms with Crippen molar-refractivity contribution in [2.75, 3.05) is 13.7 Å². The molecule has 6 nitrogen and oxygen atoms in total. The summed E-state index contributed by atoms with van der Waals surface area (Å²) in [5.41, 5.74) is -0.00529. The Morgan fingerprint density at radius 2 is 1.83 bits per heavy atom. The molecule has 0 aromatic heterocycles. The molecule has 1 amide bonds. The van der Waals surface area contributed by atoms with Crippen LogP contribution in [0, 0.1) is 11.2 Å². The number of carbonyl (C=O) groups is 2. The maximum absolute atomic E-state index is 13.6. The van der Waals surface area contributed by atoms with Crippen molar-refractivity contribution < 1.29 is 23.8 Å². The minimum absolute atomic E-state index is 0.0119. The van der Waals surface area contributed by atoms with E-state index >= 15 is 0 Å². The quantitative estimate of drug-likeness (QED) is 0.397. The van der Waals surface area contributed by atoms with Crippen molar-refractivity contribution >= 4 is 34.9 Å². The molecular weight excluding hydrogens is 506 g/mol. The summed E-state index contributed by atoms with van der Waals surface area (Å²) in [5.74, 6) is -0.605. The third kappa shape index (κ3) is 6.02. The lowest BCUT2D eigenvalue weighted by atomic mass is 9.54. The molecule has 36 heavy (non-hydrogen) atoms. The van der Waals surface area contributed by atoms with Crippen molar-refractivity contribution in [1.29, 1.82) is 0 Å². The second kappa shape index (κ2) is 11.1. The van der Waals surface area contributed by atoms with Gasteiger partial charge in [0, 0.05) is 40.9 Å². The van der Waals surface area contributed by atoms with Crippen LogP contribution >= 0.6 is 23.2 Å². The van der Waals surface area contributed by atoms with Crippen LogP contribution in [0.4, 0.5) is 4.39 Å². The van der Waals surface area contributed by atoms with Crippen molar-refractivity contribution in [3.8, 4) is 5.75 Å². The molecule has 2 aromatic carbocycles. The number of nitrogens with one attached hydrogen (secondary N) is 2. The summed E-state index contributed by atoms with van der Waals surface area (Å²) in [6, 6.07) is 11.3. The Bertz CT molecular complexity index is 1100. The molecule has 9 heteroatoms. The number of fused-ring (bicyclic) bond motifs is 3. The van der Waals surface area contributed by atoms with Gasteiger partial charge < -0.3 is 20.5 Å². The number of ketones is 1. The minimum atomic E-state index is -0.700. The Morgan fingerprint density at radius 1 is 1.14 bits per heavy atom. The first-order valence-corrected chi connectivity index (χ1v) is 12.9. The van der Waals surface area contributed by atoms with Crippen LogP contribution in [0.1, 0.15) is 56.6 Å². The molecule has 2 aromatic rings. The van der Waals surface area contributed by atoms with E-state index in [0.29, 0.717) is 37.1 Å². The monoisotopic (exact) mass is 536 g/mol. The highest BCUT2D eigenvalue weighted by atomic mass is 35.5. The van der Waals surface area contributed by atoms with Gasteiger partial charge in [0.15, 0.2) is 5.78 Å².